The van der Waals surface area contributed by atoms with Crippen molar-refractivity contribution >= 4 is 5.97 Å². The lowest BCUT2D eigenvalue weighted by molar-refractivity contribution is -0.137. The molecule has 0 heterocycles. The molecule has 4 heteroatoms. The van der Waals surface area contributed by atoms with Crippen LogP contribution in [0.4, 0.5) is 0 Å². The van der Waals surface area contributed by atoms with Crippen LogP contribution in [0.5, 0.6) is 5.75 Å². The molecule has 1 atom stereocenters. The van der Waals surface area contributed by atoms with Crippen LogP contribution in [0.1, 0.15) is 42.9 Å². The summed E-state index contributed by atoms with van der Waals surface area (Å²) in [5, 5.41) is 9.47. The van der Waals surface area contributed by atoms with Gasteiger partial charge in [0.1, 0.15) is 5.75 Å². The normalized spacial score (nSPS) is 12.2. The Morgan fingerprint density at radius 3 is 2.46 bits per heavy atom. The van der Waals surface area contributed by atoms with Crippen LogP contribution in [0.25, 0.3) is 0 Å². The zero-order chi connectivity index (χ0) is 17.5. The van der Waals surface area contributed by atoms with E-state index >= 15 is 0 Å². The minimum atomic E-state index is -0.271. The van der Waals surface area contributed by atoms with E-state index in [9.17, 15) is 9.90 Å². The van der Waals surface area contributed by atoms with Crippen molar-refractivity contribution in [2.75, 3.05) is 6.54 Å². The van der Waals surface area contributed by atoms with Gasteiger partial charge >= 0.3 is 5.97 Å². The molecule has 0 saturated heterocycles. The van der Waals surface area contributed by atoms with Crippen LogP contribution >= 0.6 is 0 Å². The minimum absolute atomic E-state index is 0.0117. The molecule has 0 aromatic heterocycles. The van der Waals surface area contributed by atoms with Gasteiger partial charge < -0.3 is 15.6 Å². The summed E-state index contributed by atoms with van der Waals surface area (Å²) in [6.45, 7) is 4.06. The maximum absolute atomic E-state index is 12.0. The van der Waals surface area contributed by atoms with E-state index in [4.69, 9.17) is 10.5 Å². The molecule has 2 aromatic rings. The monoisotopic (exact) mass is 327 g/mol. The van der Waals surface area contributed by atoms with Crippen LogP contribution < -0.4 is 10.5 Å². The van der Waals surface area contributed by atoms with Crippen molar-refractivity contribution < 1.29 is 14.6 Å². The molecule has 24 heavy (non-hydrogen) atoms. The lowest BCUT2D eigenvalue weighted by atomic mass is 9.87. The van der Waals surface area contributed by atoms with Gasteiger partial charge in [0.2, 0.25) is 0 Å². The maximum atomic E-state index is 12.0. The standard InChI is InChI=1S/C20H25NO3/c1-14(2)20(23)24-19-9-8-15(13-22)12-18(19)17(10-11-21)16-6-4-3-5-7-16/h3-9,12,14,17,22H,10-11,13,21H2,1-2H3. The van der Waals surface area contributed by atoms with Crippen LogP contribution in [-0.4, -0.2) is 17.6 Å². The highest BCUT2D eigenvalue weighted by Gasteiger charge is 2.21. The second-order valence-corrected chi connectivity index (χ2v) is 6.15. The van der Waals surface area contributed by atoms with Gasteiger partial charge in [0.25, 0.3) is 0 Å². The number of hydrogen-bond acceptors (Lipinski definition) is 4. The van der Waals surface area contributed by atoms with Gasteiger partial charge in [-0.1, -0.05) is 50.2 Å². The van der Waals surface area contributed by atoms with Crippen LogP contribution in [0.3, 0.4) is 0 Å². The first-order valence-corrected chi connectivity index (χ1v) is 8.27. The second kappa shape index (κ2) is 8.62. The van der Waals surface area contributed by atoms with Crippen LogP contribution in [0.15, 0.2) is 48.5 Å². The van der Waals surface area contributed by atoms with E-state index < -0.39 is 0 Å². The molecule has 0 amide bonds. The number of benzene rings is 2. The molecule has 128 valence electrons. The van der Waals surface area contributed by atoms with Gasteiger partial charge in [-0.05, 0) is 36.2 Å². The third-order valence-corrected chi connectivity index (χ3v) is 3.97. The zero-order valence-corrected chi connectivity index (χ0v) is 14.2. The second-order valence-electron chi connectivity index (χ2n) is 6.15. The molecule has 0 aliphatic heterocycles. The number of carbonyl (C=O) groups excluding carboxylic acids is 1. The molecule has 0 aliphatic carbocycles. The first-order valence-electron chi connectivity index (χ1n) is 8.27. The average Bonchev–Trinajstić information content (AvgIpc) is 2.60. The number of esters is 1. The first kappa shape index (κ1) is 18.2. The van der Waals surface area contributed by atoms with E-state index in [2.05, 4.69) is 0 Å². The quantitative estimate of drug-likeness (QED) is 0.605. The predicted octanol–water partition coefficient (Wildman–Crippen LogP) is 3.22. The Morgan fingerprint density at radius 1 is 1.17 bits per heavy atom. The number of rotatable bonds is 7. The third-order valence-electron chi connectivity index (χ3n) is 3.97. The Morgan fingerprint density at radius 2 is 1.88 bits per heavy atom. The number of carbonyl (C=O) groups is 1. The lowest BCUT2D eigenvalue weighted by Gasteiger charge is -2.21. The molecule has 3 N–H and O–H groups in total. The summed E-state index contributed by atoms with van der Waals surface area (Å²) >= 11 is 0. The van der Waals surface area contributed by atoms with E-state index in [1.54, 1.807) is 26.0 Å². The molecule has 4 nitrogen and oxygen atoms in total. The lowest BCUT2D eigenvalue weighted by Crippen LogP contribution is -2.17. The van der Waals surface area contributed by atoms with Crippen LogP contribution in [-0.2, 0) is 11.4 Å². The Hall–Kier alpha value is -2.17. The van der Waals surface area contributed by atoms with Crippen LogP contribution in [0, 0.1) is 5.92 Å². The minimum Gasteiger partial charge on any atom is -0.426 e. The summed E-state index contributed by atoms with van der Waals surface area (Å²) in [5.74, 6) is 0.0680. The van der Waals surface area contributed by atoms with Crippen LogP contribution in [0.2, 0.25) is 0 Å². The Bertz CT molecular complexity index is 668. The van der Waals surface area contributed by atoms with Crippen molar-refractivity contribution in [3.05, 3.63) is 65.2 Å². The zero-order valence-electron chi connectivity index (χ0n) is 14.2. The highest BCUT2D eigenvalue weighted by atomic mass is 16.5. The molecule has 0 fully saturated rings. The van der Waals surface area contributed by atoms with Gasteiger partial charge in [0.05, 0.1) is 12.5 Å². The van der Waals surface area contributed by atoms with Gasteiger partial charge in [-0.3, -0.25) is 4.79 Å². The number of ether oxygens (including phenoxy) is 1. The summed E-state index contributed by atoms with van der Waals surface area (Å²) < 4.78 is 5.59. The van der Waals surface area contributed by atoms with E-state index in [-0.39, 0.29) is 24.4 Å². The molecule has 0 saturated carbocycles. The average molecular weight is 327 g/mol. The number of nitrogens with two attached hydrogens (primary N) is 1. The Kier molecular flexibility index (Phi) is 6.53. The molecule has 0 radical (unpaired) electrons. The van der Waals surface area contributed by atoms with Crippen molar-refractivity contribution in [1.29, 1.82) is 0 Å². The largest absolute Gasteiger partial charge is 0.426 e. The Labute approximate surface area is 143 Å². The van der Waals surface area contributed by atoms with Crippen molar-refractivity contribution in [1.82, 2.24) is 0 Å². The number of aliphatic hydroxyl groups is 1. The smallest absolute Gasteiger partial charge is 0.313 e. The molecule has 2 aromatic carbocycles. The van der Waals surface area contributed by atoms with Crippen molar-refractivity contribution in [3.63, 3.8) is 0 Å². The van der Waals surface area contributed by atoms with E-state index in [0.29, 0.717) is 12.3 Å². The molecule has 1 unspecified atom stereocenters. The molecule has 2 rings (SSSR count). The van der Waals surface area contributed by atoms with Gasteiger partial charge in [0, 0.05) is 11.5 Å². The predicted molar refractivity (Wildman–Crippen MR) is 94.8 cm³/mol. The van der Waals surface area contributed by atoms with E-state index in [0.717, 1.165) is 23.1 Å². The van der Waals surface area contributed by atoms with Gasteiger partial charge in [-0.15, -0.1) is 0 Å². The number of aliphatic hydroxyl groups excluding tert-OH is 1. The molecular weight excluding hydrogens is 302 g/mol. The maximum Gasteiger partial charge on any atom is 0.313 e. The third kappa shape index (κ3) is 4.43. The van der Waals surface area contributed by atoms with Gasteiger partial charge in [-0.2, -0.15) is 0 Å². The topological polar surface area (TPSA) is 72.5 Å². The highest BCUT2D eigenvalue weighted by molar-refractivity contribution is 5.75. The molecular formula is C20H25NO3. The van der Waals surface area contributed by atoms with E-state index in [1.165, 1.54) is 0 Å². The summed E-state index contributed by atoms with van der Waals surface area (Å²) in [5.41, 5.74) is 8.59. The fourth-order valence-corrected chi connectivity index (χ4v) is 2.64. The molecule has 0 spiro atoms. The van der Waals surface area contributed by atoms with Crippen molar-refractivity contribution in [2.45, 2.75) is 32.8 Å². The SMILES string of the molecule is CC(C)C(=O)Oc1ccc(CO)cc1C(CCN)c1ccccc1. The van der Waals surface area contributed by atoms with Gasteiger partial charge in [-0.25, -0.2) is 0 Å². The van der Waals surface area contributed by atoms with Crippen molar-refractivity contribution in [2.24, 2.45) is 11.7 Å². The van der Waals surface area contributed by atoms with E-state index in [1.807, 2.05) is 36.4 Å². The molecule has 0 bridgehead atoms. The number of hydrogen-bond donors (Lipinski definition) is 2. The van der Waals surface area contributed by atoms with Gasteiger partial charge in [0.15, 0.2) is 0 Å². The summed E-state index contributed by atoms with van der Waals surface area (Å²) in [4.78, 5) is 12.0. The fourth-order valence-electron chi connectivity index (χ4n) is 2.64. The molecule has 0 aliphatic rings. The summed E-state index contributed by atoms with van der Waals surface area (Å²) in [7, 11) is 0. The first-order chi connectivity index (χ1) is 11.6. The fraction of sp³-hybridized carbons (Fsp3) is 0.350. The summed E-state index contributed by atoms with van der Waals surface area (Å²) in [6.07, 6.45) is 0.727. The van der Waals surface area contributed by atoms with Crippen molar-refractivity contribution in [3.8, 4) is 5.75 Å². The summed E-state index contributed by atoms with van der Waals surface area (Å²) in [6, 6.07) is 15.4. The Balaban J connectivity index is 2.48. The highest BCUT2D eigenvalue weighted by Crippen LogP contribution is 2.35.